The van der Waals surface area contributed by atoms with E-state index in [1.54, 1.807) is 33.9 Å². The zero-order valence-electron chi connectivity index (χ0n) is 14.2. The van der Waals surface area contributed by atoms with Gasteiger partial charge in [-0.3, -0.25) is 9.59 Å². The van der Waals surface area contributed by atoms with Crippen molar-refractivity contribution in [3.8, 4) is 5.75 Å². The molecule has 0 aliphatic rings. The summed E-state index contributed by atoms with van der Waals surface area (Å²) in [5, 5.41) is 9.03. The molecule has 2 rings (SSSR count). The largest absolute Gasteiger partial charge is 0.497 e. The Labute approximate surface area is 140 Å². The lowest BCUT2D eigenvalue weighted by atomic mass is 9.91. The van der Waals surface area contributed by atoms with E-state index in [-0.39, 0.29) is 11.7 Å². The molecule has 7 nitrogen and oxygen atoms in total. The van der Waals surface area contributed by atoms with E-state index in [1.165, 1.54) is 0 Å². The van der Waals surface area contributed by atoms with Crippen LogP contribution >= 0.6 is 0 Å². The van der Waals surface area contributed by atoms with Gasteiger partial charge in [0.1, 0.15) is 16.9 Å². The van der Waals surface area contributed by atoms with E-state index in [1.807, 2.05) is 24.3 Å². The Balaban J connectivity index is 1.94. The summed E-state index contributed by atoms with van der Waals surface area (Å²) in [6.07, 6.45) is 0. The third-order valence-corrected chi connectivity index (χ3v) is 3.62. The van der Waals surface area contributed by atoms with Gasteiger partial charge in [0.05, 0.1) is 7.11 Å². The normalized spacial score (nSPS) is 11.0. The highest BCUT2D eigenvalue weighted by molar-refractivity contribution is 6.09. The van der Waals surface area contributed by atoms with Crippen molar-refractivity contribution in [1.29, 1.82) is 0 Å². The molecule has 7 heteroatoms. The van der Waals surface area contributed by atoms with Crippen molar-refractivity contribution < 1.29 is 18.8 Å². The van der Waals surface area contributed by atoms with Gasteiger partial charge in [-0.1, -0.05) is 17.3 Å². The van der Waals surface area contributed by atoms with Gasteiger partial charge in [-0.15, -0.1) is 0 Å². The number of ether oxygens (including phenoxy) is 1. The third-order valence-electron chi connectivity index (χ3n) is 3.62. The fourth-order valence-corrected chi connectivity index (χ4v) is 1.95. The van der Waals surface area contributed by atoms with E-state index in [0.29, 0.717) is 12.3 Å². The molecule has 0 aliphatic carbocycles. The molecule has 2 aromatic rings. The van der Waals surface area contributed by atoms with E-state index in [4.69, 9.17) is 9.26 Å². The first-order valence-corrected chi connectivity index (χ1v) is 7.49. The van der Waals surface area contributed by atoms with Crippen LogP contribution in [-0.4, -0.2) is 24.1 Å². The maximum absolute atomic E-state index is 12.4. The molecule has 128 valence electrons. The summed E-state index contributed by atoms with van der Waals surface area (Å²) >= 11 is 0. The number of carbonyl (C=O) groups excluding carboxylic acids is 2. The molecule has 0 saturated heterocycles. The molecule has 1 aromatic carbocycles. The molecular formula is C17H21N3O4. The highest BCUT2D eigenvalue weighted by atomic mass is 16.5. The van der Waals surface area contributed by atoms with Gasteiger partial charge in [0.2, 0.25) is 11.8 Å². The van der Waals surface area contributed by atoms with Crippen molar-refractivity contribution >= 4 is 17.6 Å². The number of rotatable bonds is 6. The molecule has 2 N–H and O–H groups in total. The SMILES string of the molecule is COc1ccc(CNC(=O)C(C)(C)C(=O)Nc2cc(C)on2)cc1. The number of aryl methyl sites for hydroxylation is 1. The standard InChI is InChI=1S/C17H21N3O4/c1-11-9-14(20-24-11)19-16(22)17(2,3)15(21)18-10-12-5-7-13(23-4)8-6-12/h5-9H,10H2,1-4H3,(H,18,21)(H,19,20,22). The zero-order chi connectivity index (χ0) is 17.7. The molecule has 0 fully saturated rings. The summed E-state index contributed by atoms with van der Waals surface area (Å²) in [5.41, 5.74) is -0.341. The number of anilines is 1. The highest BCUT2D eigenvalue weighted by Gasteiger charge is 2.36. The number of aromatic nitrogens is 1. The molecule has 24 heavy (non-hydrogen) atoms. The van der Waals surface area contributed by atoms with Gasteiger partial charge in [0.25, 0.3) is 0 Å². The van der Waals surface area contributed by atoms with E-state index < -0.39 is 11.3 Å². The first-order chi connectivity index (χ1) is 11.3. The maximum Gasteiger partial charge on any atom is 0.240 e. The Morgan fingerprint density at radius 3 is 2.42 bits per heavy atom. The molecule has 0 spiro atoms. The van der Waals surface area contributed by atoms with E-state index in [2.05, 4.69) is 15.8 Å². The second-order valence-corrected chi connectivity index (χ2v) is 5.93. The van der Waals surface area contributed by atoms with Crippen molar-refractivity contribution in [2.24, 2.45) is 5.41 Å². The minimum atomic E-state index is -1.25. The number of benzene rings is 1. The van der Waals surface area contributed by atoms with Crippen molar-refractivity contribution in [3.05, 3.63) is 41.7 Å². The minimum absolute atomic E-state index is 0.286. The van der Waals surface area contributed by atoms with Crippen molar-refractivity contribution in [2.45, 2.75) is 27.3 Å². The summed E-state index contributed by atoms with van der Waals surface area (Å²) in [6, 6.07) is 8.91. The highest BCUT2D eigenvalue weighted by Crippen LogP contribution is 2.19. The number of methoxy groups -OCH3 is 1. The molecule has 0 aliphatic heterocycles. The molecule has 0 unspecified atom stereocenters. The average molecular weight is 331 g/mol. The van der Waals surface area contributed by atoms with Crippen LogP contribution in [0, 0.1) is 12.3 Å². The second kappa shape index (κ2) is 7.16. The molecule has 2 amide bonds. The van der Waals surface area contributed by atoms with Crippen molar-refractivity contribution in [1.82, 2.24) is 10.5 Å². The fraction of sp³-hybridized carbons (Fsp3) is 0.353. The van der Waals surface area contributed by atoms with Crippen LogP contribution in [0.4, 0.5) is 5.82 Å². The van der Waals surface area contributed by atoms with Crippen LogP contribution in [0.2, 0.25) is 0 Å². The van der Waals surface area contributed by atoms with Crippen LogP contribution in [0.25, 0.3) is 0 Å². The predicted octanol–water partition coefficient (Wildman–Crippen LogP) is 2.27. The van der Waals surface area contributed by atoms with Gasteiger partial charge in [-0.25, -0.2) is 0 Å². The van der Waals surface area contributed by atoms with Crippen LogP contribution in [0.1, 0.15) is 25.2 Å². The lowest BCUT2D eigenvalue weighted by Gasteiger charge is -2.22. The van der Waals surface area contributed by atoms with Crippen LogP contribution in [-0.2, 0) is 16.1 Å². The molecule has 1 heterocycles. The fourth-order valence-electron chi connectivity index (χ4n) is 1.95. The van der Waals surface area contributed by atoms with Gasteiger partial charge in [0.15, 0.2) is 5.82 Å². The summed E-state index contributed by atoms with van der Waals surface area (Å²) in [7, 11) is 1.59. The smallest absolute Gasteiger partial charge is 0.240 e. The van der Waals surface area contributed by atoms with E-state index in [9.17, 15) is 9.59 Å². The van der Waals surface area contributed by atoms with Gasteiger partial charge in [-0.05, 0) is 38.5 Å². The first kappa shape index (κ1) is 17.5. The predicted molar refractivity (Wildman–Crippen MR) is 88.5 cm³/mol. The van der Waals surface area contributed by atoms with Crippen LogP contribution < -0.4 is 15.4 Å². The number of nitrogens with zero attached hydrogens (tertiary/aromatic N) is 1. The molecule has 0 bridgehead atoms. The topological polar surface area (TPSA) is 93.5 Å². The molecular weight excluding hydrogens is 310 g/mol. The van der Waals surface area contributed by atoms with E-state index in [0.717, 1.165) is 11.3 Å². The summed E-state index contributed by atoms with van der Waals surface area (Å²) in [6.45, 7) is 5.15. The Morgan fingerprint density at radius 2 is 1.88 bits per heavy atom. The summed E-state index contributed by atoms with van der Waals surface area (Å²) in [5.74, 6) is 0.771. The number of hydrogen-bond acceptors (Lipinski definition) is 5. The van der Waals surface area contributed by atoms with Crippen LogP contribution in [0.15, 0.2) is 34.9 Å². The lowest BCUT2D eigenvalue weighted by Crippen LogP contribution is -2.44. The zero-order valence-corrected chi connectivity index (χ0v) is 14.2. The average Bonchev–Trinajstić information content (AvgIpc) is 2.97. The van der Waals surface area contributed by atoms with Gasteiger partial charge < -0.3 is 19.9 Å². The van der Waals surface area contributed by atoms with Crippen molar-refractivity contribution in [3.63, 3.8) is 0 Å². The number of amides is 2. The molecule has 0 saturated carbocycles. The third kappa shape index (κ3) is 4.13. The second-order valence-electron chi connectivity index (χ2n) is 5.93. The monoisotopic (exact) mass is 331 g/mol. The quantitative estimate of drug-likeness (QED) is 0.792. The van der Waals surface area contributed by atoms with Crippen LogP contribution in [0.3, 0.4) is 0 Å². The Morgan fingerprint density at radius 1 is 1.21 bits per heavy atom. The van der Waals surface area contributed by atoms with Gasteiger partial charge >= 0.3 is 0 Å². The Hall–Kier alpha value is -2.83. The Bertz CT molecular complexity index is 720. The summed E-state index contributed by atoms with van der Waals surface area (Å²) in [4.78, 5) is 24.7. The molecule has 0 radical (unpaired) electrons. The molecule has 0 atom stereocenters. The summed E-state index contributed by atoms with van der Waals surface area (Å²) < 4.78 is 9.97. The molecule has 1 aromatic heterocycles. The maximum atomic E-state index is 12.4. The van der Waals surface area contributed by atoms with E-state index >= 15 is 0 Å². The first-order valence-electron chi connectivity index (χ1n) is 7.49. The van der Waals surface area contributed by atoms with Gasteiger partial charge in [-0.2, -0.15) is 0 Å². The lowest BCUT2D eigenvalue weighted by molar-refractivity contribution is -0.138. The van der Waals surface area contributed by atoms with Crippen molar-refractivity contribution in [2.75, 3.05) is 12.4 Å². The minimum Gasteiger partial charge on any atom is -0.497 e. The number of hydrogen-bond donors (Lipinski definition) is 2. The number of nitrogens with one attached hydrogen (secondary N) is 2. The number of carbonyl (C=O) groups is 2. The van der Waals surface area contributed by atoms with Crippen LogP contribution in [0.5, 0.6) is 5.75 Å². The van der Waals surface area contributed by atoms with Gasteiger partial charge in [0, 0.05) is 12.6 Å². The Kier molecular flexibility index (Phi) is 5.23.